The molecule has 0 bridgehead atoms. The van der Waals surface area contributed by atoms with Gasteiger partial charge < -0.3 is 9.15 Å². The van der Waals surface area contributed by atoms with E-state index in [9.17, 15) is 4.79 Å². The highest BCUT2D eigenvalue weighted by Crippen LogP contribution is 2.27. The molecule has 6 nitrogen and oxygen atoms in total. The van der Waals surface area contributed by atoms with Crippen molar-refractivity contribution in [1.82, 2.24) is 14.5 Å². The maximum Gasteiger partial charge on any atom is 0.262 e. The van der Waals surface area contributed by atoms with E-state index in [1.54, 1.807) is 10.8 Å². The van der Waals surface area contributed by atoms with Gasteiger partial charge in [-0.3, -0.25) is 9.36 Å². The highest BCUT2D eigenvalue weighted by Gasteiger charge is 2.20. The molecule has 158 valence electrons. The summed E-state index contributed by atoms with van der Waals surface area (Å²) in [6.07, 6.45) is 3.70. The number of ether oxygens (including phenoxy) is 1. The number of oxazole rings is 1. The second-order valence-corrected chi connectivity index (χ2v) is 8.76. The summed E-state index contributed by atoms with van der Waals surface area (Å²) in [5.41, 5.74) is 1.51. The highest BCUT2D eigenvalue weighted by molar-refractivity contribution is 7.98. The number of benzene rings is 2. The molecule has 0 spiro atoms. The first-order valence-electron chi connectivity index (χ1n) is 10.1. The van der Waals surface area contributed by atoms with E-state index in [2.05, 4.69) is 4.98 Å². The normalized spacial score (nSPS) is 16.2. The Kier molecular flexibility index (Phi) is 5.80. The third kappa shape index (κ3) is 4.39. The number of hydrogen-bond donors (Lipinski definition) is 0. The Balaban J connectivity index is 1.42. The van der Waals surface area contributed by atoms with Crippen LogP contribution in [0.25, 0.3) is 22.2 Å². The minimum absolute atomic E-state index is 0.0381. The van der Waals surface area contributed by atoms with Crippen molar-refractivity contribution in [3.8, 4) is 11.3 Å². The molecule has 4 aromatic rings. The molecule has 1 fully saturated rings. The van der Waals surface area contributed by atoms with Crippen LogP contribution in [0.1, 0.15) is 18.7 Å². The smallest absolute Gasteiger partial charge is 0.262 e. The Bertz CT molecular complexity index is 1280. The van der Waals surface area contributed by atoms with E-state index in [0.717, 1.165) is 25.0 Å². The first kappa shape index (κ1) is 20.3. The summed E-state index contributed by atoms with van der Waals surface area (Å²) in [6.45, 7) is 1.24. The van der Waals surface area contributed by atoms with Crippen molar-refractivity contribution in [3.05, 3.63) is 76.0 Å². The first-order valence-corrected chi connectivity index (χ1v) is 11.5. The number of aromatic nitrogens is 3. The lowest BCUT2D eigenvalue weighted by Gasteiger charge is -2.16. The van der Waals surface area contributed by atoms with Gasteiger partial charge in [-0.05, 0) is 37.1 Å². The van der Waals surface area contributed by atoms with Crippen molar-refractivity contribution >= 4 is 34.3 Å². The zero-order chi connectivity index (χ0) is 21.2. The van der Waals surface area contributed by atoms with Gasteiger partial charge in [0.15, 0.2) is 10.9 Å². The van der Waals surface area contributed by atoms with Crippen LogP contribution in [0.4, 0.5) is 0 Å². The molecule has 0 unspecified atom stereocenters. The molecule has 1 aliphatic rings. The molecule has 0 radical (unpaired) electrons. The lowest BCUT2D eigenvalue weighted by atomic mass is 10.2. The Hall–Kier alpha value is -2.61. The zero-order valence-corrected chi connectivity index (χ0v) is 18.2. The van der Waals surface area contributed by atoms with Gasteiger partial charge in [-0.25, -0.2) is 9.97 Å². The second kappa shape index (κ2) is 8.86. The fraction of sp³-hybridized carbons (Fsp3) is 0.261. The summed E-state index contributed by atoms with van der Waals surface area (Å²) in [4.78, 5) is 22.3. The standard InChI is InChI=1S/C23H20ClN3O3S/c24-16-6-3-5-15(11-16)20-12-25-21(30-20)14-31-23-26-19-9-2-1-8-18(19)22(28)27(23)13-17-7-4-10-29-17/h1-3,5-6,8-9,11-12,17H,4,7,10,13-14H2/t17-/m0/s1. The molecule has 0 aliphatic carbocycles. The van der Waals surface area contributed by atoms with Crippen LogP contribution < -0.4 is 5.56 Å². The topological polar surface area (TPSA) is 70.2 Å². The zero-order valence-electron chi connectivity index (χ0n) is 16.7. The predicted molar refractivity (Wildman–Crippen MR) is 121 cm³/mol. The van der Waals surface area contributed by atoms with Crippen molar-refractivity contribution in [3.63, 3.8) is 0 Å². The van der Waals surface area contributed by atoms with Gasteiger partial charge in [0.1, 0.15) is 0 Å². The predicted octanol–water partition coefficient (Wildman–Crippen LogP) is 5.18. The average molecular weight is 454 g/mol. The first-order chi connectivity index (χ1) is 15.2. The third-order valence-corrected chi connectivity index (χ3v) is 6.42. The third-order valence-electron chi connectivity index (χ3n) is 5.22. The molecular formula is C23H20ClN3O3S. The van der Waals surface area contributed by atoms with Gasteiger partial charge in [-0.15, -0.1) is 0 Å². The van der Waals surface area contributed by atoms with E-state index >= 15 is 0 Å². The van der Waals surface area contributed by atoms with Crippen molar-refractivity contribution in [1.29, 1.82) is 0 Å². The Morgan fingerprint density at radius 1 is 1.19 bits per heavy atom. The number of thioether (sulfide) groups is 1. The molecule has 1 saturated heterocycles. The summed E-state index contributed by atoms with van der Waals surface area (Å²) in [5, 5.41) is 1.90. The van der Waals surface area contributed by atoms with Gasteiger partial charge in [0.05, 0.1) is 35.5 Å². The summed E-state index contributed by atoms with van der Waals surface area (Å²) >= 11 is 7.51. The summed E-state index contributed by atoms with van der Waals surface area (Å²) in [7, 11) is 0. The van der Waals surface area contributed by atoms with Gasteiger partial charge in [0.2, 0.25) is 5.89 Å². The summed E-state index contributed by atoms with van der Waals surface area (Å²) in [5.74, 6) is 1.67. The maximum absolute atomic E-state index is 13.2. The molecule has 3 heterocycles. The van der Waals surface area contributed by atoms with Crippen molar-refractivity contribution in [2.45, 2.75) is 36.4 Å². The van der Waals surface area contributed by atoms with Crippen molar-refractivity contribution < 1.29 is 9.15 Å². The monoisotopic (exact) mass is 453 g/mol. The molecular weight excluding hydrogens is 434 g/mol. The van der Waals surface area contributed by atoms with Gasteiger partial charge in [-0.2, -0.15) is 0 Å². The number of fused-ring (bicyclic) bond motifs is 1. The SMILES string of the molecule is O=c1c2ccccc2nc(SCc2ncc(-c3cccc(Cl)c3)o2)n1C[C@@H]1CCCO1. The Labute approximate surface area is 188 Å². The van der Waals surface area contributed by atoms with Gasteiger partial charge in [0.25, 0.3) is 5.56 Å². The van der Waals surface area contributed by atoms with E-state index in [1.807, 2.05) is 48.5 Å². The molecule has 1 atom stereocenters. The summed E-state index contributed by atoms with van der Waals surface area (Å²) < 4.78 is 13.4. The largest absolute Gasteiger partial charge is 0.440 e. The van der Waals surface area contributed by atoms with Gasteiger partial charge in [0, 0.05) is 17.2 Å². The molecule has 0 N–H and O–H groups in total. The fourth-order valence-corrected chi connectivity index (χ4v) is 4.74. The second-order valence-electron chi connectivity index (χ2n) is 7.38. The molecule has 8 heteroatoms. The van der Waals surface area contributed by atoms with E-state index in [0.29, 0.717) is 45.0 Å². The Morgan fingerprint density at radius 3 is 2.94 bits per heavy atom. The number of rotatable bonds is 6. The van der Waals surface area contributed by atoms with E-state index in [4.69, 9.17) is 25.7 Å². The van der Waals surface area contributed by atoms with E-state index in [-0.39, 0.29) is 11.7 Å². The van der Waals surface area contributed by atoms with Crippen LogP contribution in [0.15, 0.2) is 69.1 Å². The van der Waals surface area contributed by atoms with Crippen molar-refractivity contribution in [2.24, 2.45) is 0 Å². The van der Waals surface area contributed by atoms with Crippen LogP contribution in [-0.2, 0) is 17.0 Å². The summed E-state index contributed by atoms with van der Waals surface area (Å²) in [6, 6.07) is 14.9. The van der Waals surface area contributed by atoms with Crippen LogP contribution >= 0.6 is 23.4 Å². The average Bonchev–Trinajstić information content (AvgIpc) is 3.47. The van der Waals surface area contributed by atoms with Gasteiger partial charge >= 0.3 is 0 Å². The quantitative estimate of drug-likeness (QED) is 0.296. The van der Waals surface area contributed by atoms with Crippen LogP contribution in [0.3, 0.4) is 0 Å². The van der Waals surface area contributed by atoms with E-state index in [1.165, 1.54) is 11.8 Å². The minimum Gasteiger partial charge on any atom is -0.440 e. The van der Waals surface area contributed by atoms with E-state index < -0.39 is 0 Å². The molecule has 31 heavy (non-hydrogen) atoms. The lowest BCUT2D eigenvalue weighted by molar-refractivity contribution is 0.0937. The number of nitrogens with zero attached hydrogens (tertiary/aromatic N) is 3. The van der Waals surface area contributed by atoms with Crippen LogP contribution in [0.2, 0.25) is 5.02 Å². The van der Waals surface area contributed by atoms with Crippen molar-refractivity contribution in [2.75, 3.05) is 6.61 Å². The lowest BCUT2D eigenvalue weighted by Crippen LogP contribution is -2.28. The Morgan fingerprint density at radius 2 is 2.10 bits per heavy atom. The molecule has 2 aromatic carbocycles. The fourth-order valence-electron chi connectivity index (χ4n) is 3.69. The van der Waals surface area contributed by atoms with Crippen LogP contribution in [-0.4, -0.2) is 27.2 Å². The maximum atomic E-state index is 13.2. The number of halogens is 1. The highest BCUT2D eigenvalue weighted by atomic mass is 35.5. The van der Waals surface area contributed by atoms with Crippen LogP contribution in [0.5, 0.6) is 0 Å². The van der Waals surface area contributed by atoms with Crippen LogP contribution in [0, 0.1) is 0 Å². The molecule has 2 aromatic heterocycles. The molecule has 0 amide bonds. The number of hydrogen-bond acceptors (Lipinski definition) is 6. The molecule has 0 saturated carbocycles. The molecule has 5 rings (SSSR count). The minimum atomic E-state index is -0.0457. The number of para-hydroxylation sites is 1. The van der Waals surface area contributed by atoms with Gasteiger partial charge in [-0.1, -0.05) is 47.6 Å². The molecule has 1 aliphatic heterocycles.